The Morgan fingerprint density at radius 2 is 1.90 bits per heavy atom. The second kappa shape index (κ2) is 6.85. The molecule has 6 unspecified atom stereocenters. The monoisotopic (exact) mass is 451 g/mol. The number of alkyl halides is 3. The second-order valence-electron chi connectivity index (χ2n) is 9.72. The van der Waals surface area contributed by atoms with Crippen LogP contribution in [0, 0.1) is 28.6 Å². The zero-order valence-electron chi connectivity index (χ0n) is 17.4. The molecule has 0 aromatic rings. The van der Waals surface area contributed by atoms with Gasteiger partial charge < -0.3 is 13.8 Å². The summed E-state index contributed by atoms with van der Waals surface area (Å²) in [5.41, 5.74) is -6.43. The number of fused-ring (bicyclic) bond motifs is 5. The third-order valence-corrected chi connectivity index (χ3v) is 9.28. The van der Waals surface area contributed by atoms with Crippen LogP contribution in [0.3, 0.4) is 0 Å². The molecule has 3 aliphatic carbocycles. The van der Waals surface area contributed by atoms with Gasteiger partial charge in [0.1, 0.15) is 12.4 Å². The molecule has 3 fully saturated rings. The van der Waals surface area contributed by atoms with Crippen LogP contribution in [0.2, 0.25) is 0 Å². The Labute approximate surface area is 174 Å². The fraction of sp³-hybridized carbons (Fsp3) is 0.850. The molecule has 1 saturated heterocycles. The first-order valence-electron chi connectivity index (χ1n) is 10.4. The van der Waals surface area contributed by atoms with Gasteiger partial charge in [0.05, 0.1) is 6.61 Å². The molecular weight excluding hydrogens is 423 g/mol. The van der Waals surface area contributed by atoms with Gasteiger partial charge in [-0.2, -0.15) is 21.6 Å². The van der Waals surface area contributed by atoms with E-state index in [4.69, 9.17) is 4.74 Å². The summed E-state index contributed by atoms with van der Waals surface area (Å²) in [6.45, 7) is 4.51. The number of rotatable bonds is 2. The number of hydrogen-bond acceptors (Lipinski definition) is 5. The van der Waals surface area contributed by atoms with Crippen molar-refractivity contribution in [2.75, 3.05) is 20.3 Å². The maximum absolute atomic E-state index is 12.9. The molecule has 0 N–H and O–H groups in total. The molecular formula is C20H28F3NO5S. The van der Waals surface area contributed by atoms with Gasteiger partial charge in [0, 0.05) is 23.9 Å². The number of hydrogen-bond donors (Lipinski definition) is 0. The van der Waals surface area contributed by atoms with Crippen molar-refractivity contribution in [1.29, 1.82) is 0 Å². The number of likely N-dealkylation sites (N-methyl/N-ethyl adjacent to an activating group) is 1. The van der Waals surface area contributed by atoms with E-state index in [0.29, 0.717) is 19.4 Å². The van der Waals surface area contributed by atoms with E-state index in [9.17, 15) is 26.4 Å². The summed E-state index contributed by atoms with van der Waals surface area (Å²) in [7, 11) is -3.86. The lowest BCUT2D eigenvalue weighted by atomic mass is 9.49. The number of ether oxygens (including phenoxy) is 1. The molecule has 1 amide bonds. The number of allylic oxidation sites excluding steroid dienone is 2. The smallest absolute Gasteiger partial charge is 0.380 e. The predicted octanol–water partition coefficient (Wildman–Crippen LogP) is 3.45. The third-order valence-electron chi connectivity index (χ3n) is 8.31. The van der Waals surface area contributed by atoms with E-state index in [1.54, 1.807) is 4.90 Å². The third kappa shape index (κ3) is 3.08. The van der Waals surface area contributed by atoms with Crippen LogP contribution in [-0.4, -0.2) is 51.0 Å². The number of nitrogens with zero attached hydrogens (tertiary/aromatic N) is 1. The number of halogens is 3. The fourth-order valence-corrected chi connectivity index (χ4v) is 7.32. The van der Waals surface area contributed by atoms with E-state index in [1.807, 2.05) is 14.0 Å². The molecule has 6 nitrogen and oxygen atoms in total. The molecule has 170 valence electrons. The Morgan fingerprint density at radius 3 is 2.57 bits per heavy atom. The Morgan fingerprint density at radius 1 is 1.20 bits per heavy atom. The predicted molar refractivity (Wildman–Crippen MR) is 101 cm³/mol. The lowest BCUT2D eigenvalue weighted by molar-refractivity contribution is -0.138. The SMILES string of the molecule is CN1C(=O)COCC2(C)C3CCC4(C)C(OS(=O)(=O)C(F)(F)F)=CCC4C3CCC12. The van der Waals surface area contributed by atoms with Gasteiger partial charge in [-0.1, -0.05) is 13.8 Å². The highest BCUT2D eigenvalue weighted by atomic mass is 32.2. The summed E-state index contributed by atoms with van der Waals surface area (Å²) in [6.07, 6.45) is 4.93. The van der Waals surface area contributed by atoms with E-state index in [2.05, 4.69) is 11.1 Å². The first-order chi connectivity index (χ1) is 13.8. The molecule has 4 aliphatic rings. The normalized spacial score (nSPS) is 42.0. The van der Waals surface area contributed by atoms with Crippen LogP contribution in [0.15, 0.2) is 11.8 Å². The Bertz CT molecular complexity index is 872. The van der Waals surface area contributed by atoms with Crippen LogP contribution in [-0.2, 0) is 23.8 Å². The highest BCUT2D eigenvalue weighted by Gasteiger charge is 2.61. The van der Waals surface area contributed by atoms with Gasteiger partial charge in [-0.15, -0.1) is 0 Å². The van der Waals surface area contributed by atoms with Crippen molar-refractivity contribution in [3.05, 3.63) is 11.8 Å². The van der Waals surface area contributed by atoms with Gasteiger partial charge in [0.25, 0.3) is 0 Å². The average molecular weight is 452 g/mol. The molecule has 1 aliphatic heterocycles. The fourth-order valence-electron chi connectivity index (χ4n) is 6.73. The summed E-state index contributed by atoms with van der Waals surface area (Å²) in [6, 6.07) is 0.0637. The van der Waals surface area contributed by atoms with E-state index >= 15 is 0 Å². The van der Waals surface area contributed by atoms with Crippen LogP contribution in [0.4, 0.5) is 13.2 Å². The van der Waals surface area contributed by atoms with Crippen LogP contribution >= 0.6 is 0 Å². The van der Waals surface area contributed by atoms with Gasteiger partial charge in [0.2, 0.25) is 5.91 Å². The van der Waals surface area contributed by atoms with Crippen LogP contribution < -0.4 is 0 Å². The molecule has 4 rings (SSSR count). The topological polar surface area (TPSA) is 72.9 Å². The molecule has 2 saturated carbocycles. The van der Waals surface area contributed by atoms with Crippen molar-refractivity contribution in [3.8, 4) is 0 Å². The van der Waals surface area contributed by atoms with Crippen molar-refractivity contribution in [1.82, 2.24) is 4.90 Å². The summed E-state index contributed by atoms with van der Waals surface area (Å²) in [4.78, 5) is 14.1. The standard InChI is InChI=1S/C20H28F3NO5S/c1-18-9-8-14-12(4-6-15-19(14,2)11-28-10-17(25)24(15)3)13(18)5-7-16(18)29-30(26,27)20(21,22)23/h7,12-15H,4-6,8-11H2,1-3H3. The quantitative estimate of drug-likeness (QED) is 0.475. The molecule has 0 bridgehead atoms. The summed E-state index contributed by atoms with van der Waals surface area (Å²) < 4.78 is 72.2. The molecule has 0 spiro atoms. The van der Waals surface area contributed by atoms with Crippen molar-refractivity contribution in [3.63, 3.8) is 0 Å². The zero-order chi connectivity index (χ0) is 22.1. The second-order valence-corrected chi connectivity index (χ2v) is 11.3. The van der Waals surface area contributed by atoms with Crippen LogP contribution in [0.25, 0.3) is 0 Å². The number of carbonyl (C=O) groups excluding carboxylic acids is 1. The lowest BCUT2D eigenvalue weighted by Crippen LogP contribution is -2.59. The first-order valence-corrected chi connectivity index (χ1v) is 11.8. The molecule has 6 atom stereocenters. The largest absolute Gasteiger partial charge is 0.534 e. The maximum Gasteiger partial charge on any atom is 0.534 e. The van der Waals surface area contributed by atoms with Crippen molar-refractivity contribution >= 4 is 16.0 Å². The van der Waals surface area contributed by atoms with Crippen molar-refractivity contribution in [2.24, 2.45) is 28.6 Å². The Balaban J connectivity index is 1.60. The van der Waals surface area contributed by atoms with E-state index < -0.39 is 21.0 Å². The van der Waals surface area contributed by atoms with Gasteiger partial charge in [-0.25, -0.2) is 0 Å². The molecule has 0 aromatic carbocycles. The summed E-state index contributed by atoms with van der Waals surface area (Å²) in [5, 5.41) is 0. The summed E-state index contributed by atoms with van der Waals surface area (Å²) >= 11 is 0. The van der Waals surface area contributed by atoms with Crippen LogP contribution in [0.5, 0.6) is 0 Å². The lowest BCUT2D eigenvalue weighted by Gasteiger charge is -2.58. The van der Waals surface area contributed by atoms with Crippen molar-refractivity contribution < 1.29 is 35.3 Å². The highest BCUT2D eigenvalue weighted by molar-refractivity contribution is 7.87. The van der Waals surface area contributed by atoms with Crippen molar-refractivity contribution in [2.45, 2.75) is 57.5 Å². The molecule has 0 aromatic heterocycles. The Hall–Kier alpha value is -1.29. The van der Waals surface area contributed by atoms with Gasteiger partial charge in [-0.05, 0) is 55.9 Å². The molecule has 0 radical (unpaired) electrons. The van der Waals surface area contributed by atoms with Gasteiger partial charge in [-0.3, -0.25) is 4.79 Å². The minimum absolute atomic E-state index is 0.0109. The van der Waals surface area contributed by atoms with E-state index in [1.165, 1.54) is 6.08 Å². The minimum atomic E-state index is -5.68. The highest BCUT2D eigenvalue weighted by Crippen LogP contribution is 2.64. The van der Waals surface area contributed by atoms with Crippen LogP contribution in [0.1, 0.15) is 46.0 Å². The minimum Gasteiger partial charge on any atom is -0.380 e. The van der Waals surface area contributed by atoms with Gasteiger partial charge in [0.15, 0.2) is 0 Å². The van der Waals surface area contributed by atoms with Gasteiger partial charge >= 0.3 is 15.6 Å². The summed E-state index contributed by atoms with van der Waals surface area (Å²) in [5.74, 6) is 0.367. The van der Waals surface area contributed by atoms with E-state index in [-0.39, 0.29) is 47.5 Å². The number of amides is 1. The Kier molecular flexibility index (Phi) is 5.01. The number of carbonyl (C=O) groups is 1. The molecule has 10 heteroatoms. The first kappa shape index (κ1) is 21.9. The maximum atomic E-state index is 12.9. The molecule has 30 heavy (non-hydrogen) atoms. The molecule has 1 heterocycles. The van der Waals surface area contributed by atoms with E-state index in [0.717, 1.165) is 19.3 Å². The zero-order valence-corrected chi connectivity index (χ0v) is 18.2. The average Bonchev–Trinajstić information content (AvgIpc) is 2.90.